The highest BCUT2D eigenvalue weighted by Gasteiger charge is 2.36. The first-order valence-electron chi connectivity index (χ1n) is 7.85. The fourth-order valence-corrected chi connectivity index (χ4v) is 5.21. The van der Waals surface area contributed by atoms with Gasteiger partial charge in [-0.1, -0.05) is 6.42 Å². The van der Waals surface area contributed by atoms with Gasteiger partial charge < -0.3 is 4.74 Å². The lowest BCUT2D eigenvalue weighted by molar-refractivity contribution is -0.385. The minimum atomic E-state index is -4.11. The van der Waals surface area contributed by atoms with Crippen molar-refractivity contribution in [2.45, 2.75) is 30.2 Å². The van der Waals surface area contributed by atoms with Gasteiger partial charge in [0.1, 0.15) is 10.6 Å². The molecule has 0 radical (unpaired) electrons. The Kier molecular flexibility index (Phi) is 6.21. The summed E-state index contributed by atoms with van der Waals surface area (Å²) in [6.07, 6.45) is 2.86. The second-order valence-corrected chi connectivity index (χ2v) is 9.67. The number of nitrogens with one attached hydrogen (secondary N) is 1. The topological polar surface area (TPSA) is 136 Å². The lowest BCUT2D eigenvalue weighted by Gasteiger charge is -2.34. The van der Waals surface area contributed by atoms with Gasteiger partial charge in [0.25, 0.3) is 5.69 Å². The second kappa shape index (κ2) is 7.86. The number of nitrogens with zero attached hydrogens (tertiary/aromatic N) is 2. The van der Waals surface area contributed by atoms with Crippen molar-refractivity contribution in [2.24, 2.45) is 0 Å². The summed E-state index contributed by atoms with van der Waals surface area (Å²) < 4.78 is 57.5. The van der Waals surface area contributed by atoms with Gasteiger partial charge >= 0.3 is 0 Å². The summed E-state index contributed by atoms with van der Waals surface area (Å²) in [5.41, 5.74) is -0.368. The predicted octanol–water partition coefficient (Wildman–Crippen LogP) is 0.696. The lowest BCUT2D eigenvalue weighted by atomic mass is 10.1. The maximum atomic E-state index is 13.1. The van der Waals surface area contributed by atoms with Gasteiger partial charge in [0, 0.05) is 31.3 Å². The predicted molar refractivity (Wildman–Crippen MR) is 94.0 cm³/mol. The number of benzene rings is 1. The van der Waals surface area contributed by atoms with Crippen molar-refractivity contribution in [3.05, 3.63) is 28.3 Å². The first-order valence-corrected chi connectivity index (χ1v) is 11.2. The Morgan fingerprint density at radius 1 is 1.31 bits per heavy atom. The number of hydrogen-bond donors (Lipinski definition) is 1. The molecule has 1 aromatic carbocycles. The minimum Gasteiger partial charge on any atom is -0.495 e. The van der Waals surface area contributed by atoms with E-state index >= 15 is 0 Å². The van der Waals surface area contributed by atoms with Crippen LogP contribution in [-0.2, 0) is 20.0 Å². The molecule has 146 valence electrons. The molecule has 0 aliphatic carbocycles. The SMILES string of the molecule is COc1ccc([N+](=O)[O-])cc1S(=O)(=O)N1CCCCC1CNS(C)(=O)=O. The molecule has 1 fully saturated rings. The average molecular weight is 407 g/mol. The Balaban J connectivity index is 2.43. The summed E-state index contributed by atoms with van der Waals surface area (Å²) in [7, 11) is -6.31. The zero-order valence-electron chi connectivity index (χ0n) is 14.4. The van der Waals surface area contributed by atoms with Crippen molar-refractivity contribution < 1.29 is 26.5 Å². The van der Waals surface area contributed by atoms with Gasteiger partial charge in [0.05, 0.1) is 18.3 Å². The number of hydrogen-bond acceptors (Lipinski definition) is 7. The summed E-state index contributed by atoms with van der Waals surface area (Å²) in [5.74, 6) is -0.00371. The van der Waals surface area contributed by atoms with Gasteiger partial charge in [-0.05, 0) is 18.9 Å². The van der Waals surface area contributed by atoms with Crippen LogP contribution in [0.5, 0.6) is 5.75 Å². The molecular weight excluding hydrogens is 386 g/mol. The third-order valence-electron chi connectivity index (χ3n) is 4.10. The largest absolute Gasteiger partial charge is 0.495 e. The van der Waals surface area contributed by atoms with E-state index in [4.69, 9.17) is 4.74 Å². The van der Waals surface area contributed by atoms with E-state index in [2.05, 4.69) is 4.72 Å². The van der Waals surface area contributed by atoms with Crippen LogP contribution in [0.2, 0.25) is 0 Å². The first kappa shape index (κ1) is 20.6. The molecule has 0 bridgehead atoms. The molecule has 0 amide bonds. The highest BCUT2D eigenvalue weighted by Crippen LogP contribution is 2.33. The van der Waals surface area contributed by atoms with Crippen molar-refractivity contribution in [3.63, 3.8) is 0 Å². The van der Waals surface area contributed by atoms with E-state index in [0.717, 1.165) is 24.8 Å². The molecule has 0 aromatic heterocycles. The Morgan fingerprint density at radius 3 is 2.58 bits per heavy atom. The van der Waals surface area contributed by atoms with E-state index in [1.807, 2.05) is 0 Å². The van der Waals surface area contributed by atoms with Gasteiger partial charge in [-0.3, -0.25) is 10.1 Å². The van der Waals surface area contributed by atoms with E-state index in [9.17, 15) is 26.9 Å². The van der Waals surface area contributed by atoms with Crippen molar-refractivity contribution in [2.75, 3.05) is 26.5 Å². The fourth-order valence-electron chi connectivity index (χ4n) is 2.85. The molecule has 10 nitrogen and oxygen atoms in total. The van der Waals surface area contributed by atoms with E-state index in [1.54, 1.807) is 0 Å². The molecule has 1 unspecified atom stereocenters. The molecule has 1 heterocycles. The molecule has 0 spiro atoms. The maximum Gasteiger partial charge on any atom is 0.271 e. The molecule has 1 aromatic rings. The van der Waals surface area contributed by atoms with Crippen LogP contribution in [0.25, 0.3) is 0 Å². The van der Waals surface area contributed by atoms with Gasteiger partial charge in [0.15, 0.2) is 0 Å². The molecule has 26 heavy (non-hydrogen) atoms. The van der Waals surface area contributed by atoms with Crippen LogP contribution in [0.15, 0.2) is 23.1 Å². The third kappa shape index (κ3) is 4.69. The Hall–Kier alpha value is -1.76. The fraction of sp³-hybridized carbons (Fsp3) is 0.571. The van der Waals surface area contributed by atoms with Crippen LogP contribution in [-0.4, -0.2) is 58.6 Å². The quantitative estimate of drug-likeness (QED) is 0.519. The average Bonchev–Trinajstić information content (AvgIpc) is 2.58. The molecule has 12 heteroatoms. The highest BCUT2D eigenvalue weighted by atomic mass is 32.2. The van der Waals surface area contributed by atoms with Crippen LogP contribution in [0.1, 0.15) is 19.3 Å². The normalized spacial score (nSPS) is 19.2. The van der Waals surface area contributed by atoms with Gasteiger partial charge in [0.2, 0.25) is 20.0 Å². The van der Waals surface area contributed by atoms with Crippen molar-refractivity contribution in [1.82, 2.24) is 9.03 Å². The first-order chi connectivity index (χ1) is 12.1. The van der Waals surface area contributed by atoms with Crippen molar-refractivity contribution in [1.29, 1.82) is 0 Å². The van der Waals surface area contributed by atoms with E-state index < -0.39 is 31.0 Å². The molecule has 2 rings (SSSR count). The number of ether oxygens (including phenoxy) is 1. The van der Waals surface area contributed by atoms with Crippen LogP contribution in [0, 0.1) is 10.1 Å². The van der Waals surface area contributed by atoms with E-state index in [0.29, 0.717) is 12.8 Å². The van der Waals surface area contributed by atoms with Gasteiger partial charge in [-0.2, -0.15) is 4.31 Å². The van der Waals surface area contributed by atoms with Gasteiger partial charge in [-0.25, -0.2) is 21.6 Å². The Bertz CT molecular complexity index is 884. The number of sulfonamides is 2. The smallest absolute Gasteiger partial charge is 0.271 e. The zero-order valence-corrected chi connectivity index (χ0v) is 16.0. The van der Waals surface area contributed by atoms with Gasteiger partial charge in [-0.15, -0.1) is 0 Å². The minimum absolute atomic E-state index is 0.00371. The molecule has 1 atom stereocenters. The van der Waals surface area contributed by atoms with Crippen molar-refractivity contribution in [3.8, 4) is 5.75 Å². The van der Waals surface area contributed by atoms with Crippen molar-refractivity contribution >= 4 is 25.7 Å². The second-order valence-electron chi connectivity index (χ2n) is 5.98. The number of non-ortho nitro benzene ring substituents is 1. The van der Waals surface area contributed by atoms with Crippen LogP contribution in [0.4, 0.5) is 5.69 Å². The standard InChI is InChI=1S/C14H21N3O7S2/c1-24-13-7-6-11(17(18)19)9-14(13)26(22,23)16-8-4-3-5-12(16)10-15-25(2,20)21/h6-7,9,12,15H,3-5,8,10H2,1-2H3. The Labute approximate surface area is 152 Å². The lowest BCUT2D eigenvalue weighted by Crippen LogP contribution is -2.49. The number of rotatable bonds is 7. The van der Waals surface area contributed by atoms with E-state index in [1.165, 1.54) is 17.5 Å². The van der Waals surface area contributed by atoms with E-state index in [-0.39, 0.29) is 29.4 Å². The summed E-state index contributed by atoms with van der Waals surface area (Å²) in [4.78, 5) is 10.0. The number of nitro benzene ring substituents is 1. The monoisotopic (exact) mass is 407 g/mol. The van der Waals surface area contributed by atoms with Crippen LogP contribution >= 0.6 is 0 Å². The maximum absolute atomic E-state index is 13.1. The zero-order chi connectivity index (χ0) is 19.5. The highest BCUT2D eigenvalue weighted by molar-refractivity contribution is 7.89. The summed E-state index contributed by atoms with van der Waals surface area (Å²) in [5, 5.41) is 11.0. The number of methoxy groups -OCH3 is 1. The summed E-state index contributed by atoms with van der Waals surface area (Å²) in [6, 6.07) is 2.78. The third-order valence-corrected chi connectivity index (χ3v) is 6.76. The number of piperidine rings is 1. The Morgan fingerprint density at radius 2 is 2.00 bits per heavy atom. The molecular formula is C14H21N3O7S2. The number of nitro groups is 1. The van der Waals surface area contributed by atoms with Crippen LogP contribution < -0.4 is 9.46 Å². The summed E-state index contributed by atoms with van der Waals surface area (Å²) in [6.45, 7) is 0.138. The molecule has 1 aliphatic heterocycles. The molecule has 1 saturated heterocycles. The molecule has 0 saturated carbocycles. The molecule has 1 N–H and O–H groups in total. The van der Waals surface area contributed by atoms with Crippen LogP contribution in [0.3, 0.4) is 0 Å². The molecule has 1 aliphatic rings. The summed E-state index contributed by atoms with van der Waals surface area (Å²) >= 11 is 0.